The van der Waals surface area contributed by atoms with Gasteiger partial charge in [-0.3, -0.25) is 0 Å². The molecule has 0 saturated carbocycles. The number of hydrogen-bond donors (Lipinski definition) is 1. The molecule has 0 radical (unpaired) electrons. The lowest BCUT2D eigenvalue weighted by molar-refractivity contribution is 0.965. The van der Waals surface area contributed by atoms with E-state index in [1.54, 1.807) is 0 Å². The summed E-state index contributed by atoms with van der Waals surface area (Å²) in [4.78, 5) is 0. The summed E-state index contributed by atoms with van der Waals surface area (Å²) in [6, 6.07) is 0. The van der Waals surface area contributed by atoms with Crippen LogP contribution in [0.5, 0.6) is 0 Å². The van der Waals surface area contributed by atoms with Gasteiger partial charge in [0.2, 0.25) is 0 Å². The lowest BCUT2D eigenvalue weighted by Crippen LogP contribution is -2.22. The fourth-order valence-electron chi connectivity index (χ4n) is 0.438. The van der Waals surface area contributed by atoms with Gasteiger partial charge in [0, 0.05) is 0 Å². The third-order valence-corrected chi connectivity index (χ3v) is 4.98. The Balaban J connectivity index is 2.29. The Hall–Kier alpha value is 1.05. The Kier molecular flexibility index (Phi) is 1.86. The lowest BCUT2D eigenvalue weighted by atomic mass is 10.5. The van der Waals surface area contributed by atoms with Crippen LogP contribution in [0.1, 0.15) is 6.42 Å². The van der Waals surface area contributed by atoms with Gasteiger partial charge >= 0.3 is 0 Å². The van der Waals surface area contributed by atoms with E-state index in [-0.39, 0.29) is 0 Å². The second-order valence-corrected chi connectivity index (χ2v) is 5.64. The normalized spacial score (nSPS) is 40.3. The molecule has 0 aromatic rings. The van der Waals surface area contributed by atoms with Crippen molar-refractivity contribution >= 4 is 36.2 Å². The van der Waals surface area contributed by atoms with Crippen molar-refractivity contribution in [1.82, 2.24) is 0 Å². The smallest absolute Gasteiger partial charge is 0.104 e. The van der Waals surface area contributed by atoms with Gasteiger partial charge in [-0.2, -0.15) is 12.6 Å². The van der Waals surface area contributed by atoms with Crippen molar-refractivity contribution in [2.24, 2.45) is 0 Å². The highest BCUT2D eigenvalue weighted by Crippen LogP contribution is 2.51. The van der Waals surface area contributed by atoms with E-state index in [1.165, 1.54) is 12.2 Å². The number of rotatable bonds is 1. The van der Waals surface area contributed by atoms with Gasteiger partial charge in [0.05, 0.1) is 0 Å². The average Bonchev–Trinajstić information content (AvgIpc) is 1.61. The van der Waals surface area contributed by atoms with Gasteiger partial charge in [0.1, 0.15) is 3.41 Å². The van der Waals surface area contributed by atoms with E-state index >= 15 is 0 Å². The molecule has 3 heteroatoms. The van der Waals surface area contributed by atoms with E-state index in [1.807, 2.05) is 23.5 Å². The molecule has 0 aromatic heterocycles. The highest BCUT2D eigenvalue weighted by atomic mass is 32.3. The van der Waals surface area contributed by atoms with Crippen molar-refractivity contribution in [3.05, 3.63) is 0 Å². The standard InChI is InChI=1S/C4H8S3/c1-6-4(5)2-3-7-4/h5H,2-3H2,1H3. The number of thiol groups is 1. The third kappa shape index (κ3) is 1.24. The van der Waals surface area contributed by atoms with E-state index in [2.05, 4.69) is 18.9 Å². The summed E-state index contributed by atoms with van der Waals surface area (Å²) in [6.07, 6.45) is 3.38. The summed E-state index contributed by atoms with van der Waals surface area (Å²) < 4.78 is 0.292. The molecule has 0 N–H and O–H groups in total. The second kappa shape index (κ2) is 2.11. The van der Waals surface area contributed by atoms with E-state index in [0.717, 1.165) is 0 Å². The Morgan fingerprint density at radius 2 is 2.43 bits per heavy atom. The van der Waals surface area contributed by atoms with Crippen LogP contribution in [0.25, 0.3) is 0 Å². The molecule has 1 fully saturated rings. The summed E-state index contributed by atoms with van der Waals surface area (Å²) in [5, 5.41) is 0. The van der Waals surface area contributed by atoms with Gasteiger partial charge in [-0.1, -0.05) is 0 Å². The largest absolute Gasteiger partial charge is 0.151 e. The Bertz CT molecular complexity index is 61.8. The molecule has 0 aliphatic carbocycles. The molecule has 0 nitrogen and oxygen atoms in total. The quantitative estimate of drug-likeness (QED) is 0.451. The van der Waals surface area contributed by atoms with Crippen LogP contribution in [-0.4, -0.2) is 15.4 Å². The minimum Gasteiger partial charge on any atom is -0.151 e. The maximum absolute atomic E-state index is 4.40. The molecular weight excluding hydrogens is 144 g/mol. The summed E-state index contributed by atoms with van der Waals surface area (Å²) in [7, 11) is 0. The third-order valence-electron chi connectivity index (χ3n) is 1.06. The molecule has 1 aliphatic rings. The summed E-state index contributed by atoms with van der Waals surface area (Å²) in [5.74, 6) is 1.30. The molecule has 1 unspecified atom stereocenters. The van der Waals surface area contributed by atoms with Gasteiger partial charge in [0.15, 0.2) is 0 Å². The molecule has 1 atom stereocenters. The average molecular weight is 152 g/mol. The van der Waals surface area contributed by atoms with Crippen molar-refractivity contribution in [2.45, 2.75) is 9.83 Å². The topological polar surface area (TPSA) is 0 Å². The van der Waals surface area contributed by atoms with E-state index in [9.17, 15) is 0 Å². The Morgan fingerprint density at radius 3 is 2.43 bits per heavy atom. The van der Waals surface area contributed by atoms with Crippen molar-refractivity contribution in [1.29, 1.82) is 0 Å². The van der Waals surface area contributed by atoms with Gasteiger partial charge in [-0.05, 0) is 18.4 Å². The zero-order valence-corrected chi connectivity index (χ0v) is 6.71. The minimum absolute atomic E-state index is 0.292. The summed E-state index contributed by atoms with van der Waals surface area (Å²) >= 11 is 8.18. The molecule has 7 heavy (non-hydrogen) atoms. The van der Waals surface area contributed by atoms with Crippen molar-refractivity contribution < 1.29 is 0 Å². The summed E-state index contributed by atoms with van der Waals surface area (Å²) in [6.45, 7) is 0. The minimum atomic E-state index is 0.292. The number of hydrogen-bond acceptors (Lipinski definition) is 3. The summed E-state index contributed by atoms with van der Waals surface area (Å²) in [5.41, 5.74) is 0. The SMILES string of the molecule is CSC1(S)CCS1. The number of thioether (sulfide) groups is 2. The van der Waals surface area contributed by atoms with Crippen LogP contribution in [0, 0.1) is 0 Å². The molecule has 1 aliphatic heterocycles. The van der Waals surface area contributed by atoms with Gasteiger partial charge in [-0.15, -0.1) is 23.5 Å². The molecule has 0 aromatic carbocycles. The highest BCUT2D eigenvalue weighted by molar-refractivity contribution is 8.30. The first-order valence-corrected chi connectivity index (χ1v) is 4.84. The Morgan fingerprint density at radius 1 is 1.86 bits per heavy atom. The van der Waals surface area contributed by atoms with Crippen molar-refractivity contribution in [2.75, 3.05) is 12.0 Å². The van der Waals surface area contributed by atoms with Crippen molar-refractivity contribution in [3.8, 4) is 0 Å². The molecule has 0 amide bonds. The van der Waals surface area contributed by atoms with Crippen LogP contribution in [0.3, 0.4) is 0 Å². The zero-order valence-electron chi connectivity index (χ0n) is 4.18. The molecule has 42 valence electrons. The fraction of sp³-hybridized carbons (Fsp3) is 1.00. The maximum Gasteiger partial charge on any atom is 0.104 e. The van der Waals surface area contributed by atoms with E-state index in [4.69, 9.17) is 0 Å². The molecule has 1 saturated heterocycles. The first-order chi connectivity index (χ1) is 3.27. The zero-order chi connectivity index (χ0) is 5.33. The Labute approximate surface area is 58.2 Å². The van der Waals surface area contributed by atoms with Crippen LogP contribution < -0.4 is 0 Å². The predicted octanol–water partition coefficient (Wildman–Crippen LogP) is 2.07. The van der Waals surface area contributed by atoms with Gasteiger partial charge in [0.25, 0.3) is 0 Å². The van der Waals surface area contributed by atoms with Crippen LogP contribution in [0.15, 0.2) is 0 Å². The van der Waals surface area contributed by atoms with Gasteiger partial charge in [-0.25, -0.2) is 0 Å². The van der Waals surface area contributed by atoms with Crippen LogP contribution in [0.2, 0.25) is 0 Å². The molecule has 0 bridgehead atoms. The lowest BCUT2D eigenvalue weighted by Gasteiger charge is -2.34. The molecular formula is C4H8S3. The molecule has 1 heterocycles. The van der Waals surface area contributed by atoms with E-state index < -0.39 is 0 Å². The first kappa shape index (κ1) is 6.17. The van der Waals surface area contributed by atoms with E-state index in [0.29, 0.717) is 3.41 Å². The maximum atomic E-state index is 4.40. The van der Waals surface area contributed by atoms with Gasteiger partial charge < -0.3 is 0 Å². The van der Waals surface area contributed by atoms with Crippen LogP contribution >= 0.6 is 36.2 Å². The van der Waals surface area contributed by atoms with Crippen LogP contribution in [0.4, 0.5) is 0 Å². The van der Waals surface area contributed by atoms with Crippen LogP contribution in [-0.2, 0) is 0 Å². The predicted molar refractivity (Wildman–Crippen MR) is 42.3 cm³/mol. The first-order valence-electron chi connectivity index (χ1n) is 2.18. The monoisotopic (exact) mass is 152 g/mol. The highest BCUT2D eigenvalue weighted by Gasteiger charge is 2.32. The second-order valence-electron chi connectivity index (χ2n) is 1.52. The van der Waals surface area contributed by atoms with Crippen molar-refractivity contribution in [3.63, 3.8) is 0 Å². The molecule has 0 spiro atoms. The molecule has 1 rings (SSSR count). The fourth-order valence-corrected chi connectivity index (χ4v) is 2.71.